The Labute approximate surface area is 295 Å². The van der Waals surface area contributed by atoms with Crippen molar-refractivity contribution in [3.05, 3.63) is 75.6 Å². The lowest BCUT2D eigenvalue weighted by atomic mass is 9.47. The molecule has 5 atom stereocenters. The van der Waals surface area contributed by atoms with E-state index in [0.29, 0.717) is 17.7 Å². The molecule has 0 spiro atoms. The van der Waals surface area contributed by atoms with Crippen LogP contribution in [0.15, 0.2) is 53.3 Å². The van der Waals surface area contributed by atoms with Crippen LogP contribution in [0.2, 0.25) is 0 Å². The third-order valence-corrected chi connectivity index (χ3v) is 10.4. The van der Waals surface area contributed by atoms with Crippen LogP contribution < -0.4 is 27.4 Å². The van der Waals surface area contributed by atoms with Gasteiger partial charge in [-0.1, -0.05) is 30.3 Å². The van der Waals surface area contributed by atoms with Gasteiger partial charge >= 0.3 is 0 Å². The number of phenolic OH excluding ortho intramolecular Hbond substituents is 1. The lowest BCUT2D eigenvalue weighted by molar-refractivity contribution is -0.139. The van der Waals surface area contributed by atoms with Crippen LogP contribution in [-0.4, -0.2) is 114 Å². The van der Waals surface area contributed by atoms with Crippen LogP contribution in [0, 0.1) is 16.7 Å². The molecule has 15 heteroatoms. The molecule has 51 heavy (non-hydrogen) atoms. The molecular formula is C36H44N8O7. The largest absolute Gasteiger partial charge is 0.509 e. The minimum absolute atomic E-state index is 0.157. The van der Waals surface area contributed by atoms with Crippen LogP contribution in [0.1, 0.15) is 28.7 Å². The van der Waals surface area contributed by atoms with E-state index < -0.39 is 80.9 Å². The van der Waals surface area contributed by atoms with E-state index >= 15 is 0 Å². The summed E-state index contributed by atoms with van der Waals surface area (Å²) < 4.78 is 0. The van der Waals surface area contributed by atoms with Crippen molar-refractivity contribution in [1.82, 2.24) is 15.1 Å². The summed E-state index contributed by atoms with van der Waals surface area (Å²) in [5.74, 6) is -6.34. The number of Topliss-reactive ketones (excluding diaryl/α,β-unsaturated/α-hetero) is 2. The number of hydrogen-bond acceptors (Lipinski definition) is 13. The van der Waals surface area contributed by atoms with E-state index in [9.17, 15) is 39.8 Å². The number of nitrogens with zero attached hydrogens (tertiary/aromatic N) is 4. The third-order valence-electron chi connectivity index (χ3n) is 10.4. The van der Waals surface area contributed by atoms with Crippen molar-refractivity contribution in [2.75, 3.05) is 47.2 Å². The topological polar surface area (TPSA) is 253 Å². The summed E-state index contributed by atoms with van der Waals surface area (Å²) >= 11 is 0. The number of benzene rings is 2. The van der Waals surface area contributed by atoms with Crippen molar-refractivity contribution in [1.29, 1.82) is 5.26 Å². The number of nitrogens with one attached hydrogen (secondary N) is 1. The maximum absolute atomic E-state index is 14.7. The highest BCUT2D eigenvalue weighted by Gasteiger charge is 2.74. The number of primary amides is 1. The van der Waals surface area contributed by atoms with Gasteiger partial charge in [0.15, 0.2) is 17.0 Å². The fraction of sp³-hybridized carbons (Fsp3) is 0.417. The number of hydrogen-bond donors (Lipinski definition) is 7. The van der Waals surface area contributed by atoms with Gasteiger partial charge in [0.2, 0.25) is 5.91 Å². The number of carbonyl (C=O) groups is 4. The SMILES string of the molecule is CN(C)c1cc(CNC(=O)C(Cc2ccccc2)N(C)C)c(O)c2c1C[C@@]1(N)C[C@@]3(N)[C@H](N(C)C)C(=O)C(C(N)=O)=C(O)[C@@]3(C#N)C(=O)C1=C2O. The molecule has 270 valence electrons. The van der Waals surface area contributed by atoms with E-state index in [-0.39, 0.29) is 30.0 Å². The number of nitriles is 1. The highest BCUT2D eigenvalue weighted by atomic mass is 16.3. The van der Waals surface area contributed by atoms with Crippen LogP contribution in [-0.2, 0) is 38.6 Å². The Balaban J connectivity index is 1.66. The van der Waals surface area contributed by atoms with E-state index in [1.165, 1.54) is 19.0 Å². The summed E-state index contributed by atoms with van der Waals surface area (Å²) in [6.45, 7) is -0.158. The summed E-state index contributed by atoms with van der Waals surface area (Å²) in [4.78, 5) is 59.1. The van der Waals surface area contributed by atoms with Gasteiger partial charge in [0.1, 0.15) is 22.8 Å². The van der Waals surface area contributed by atoms with Gasteiger partial charge < -0.3 is 42.7 Å². The van der Waals surface area contributed by atoms with Crippen molar-refractivity contribution in [3.8, 4) is 11.8 Å². The summed E-state index contributed by atoms with van der Waals surface area (Å²) in [5, 5.41) is 48.6. The molecule has 0 aromatic heterocycles. The van der Waals surface area contributed by atoms with Gasteiger partial charge in [-0.25, -0.2) is 0 Å². The molecule has 5 rings (SSSR count). The Bertz CT molecular complexity index is 1950. The first kappa shape index (κ1) is 37.0. The van der Waals surface area contributed by atoms with E-state index in [4.69, 9.17) is 17.2 Å². The van der Waals surface area contributed by atoms with Crippen LogP contribution in [0.25, 0.3) is 5.76 Å². The quantitative estimate of drug-likeness (QED) is 0.167. The average Bonchev–Trinajstić information content (AvgIpc) is 3.02. The Morgan fingerprint density at radius 3 is 2.22 bits per heavy atom. The first-order valence-electron chi connectivity index (χ1n) is 16.2. The number of nitrogens with two attached hydrogens (primary N) is 3. The maximum atomic E-state index is 14.7. The van der Waals surface area contributed by atoms with Crippen molar-refractivity contribution in [2.24, 2.45) is 22.6 Å². The molecule has 0 bridgehead atoms. The fourth-order valence-corrected chi connectivity index (χ4v) is 8.12. The number of rotatable bonds is 9. The van der Waals surface area contributed by atoms with Gasteiger partial charge in [-0.3, -0.25) is 29.0 Å². The molecule has 1 unspecified atom stereocenters. The summed E-state index contributed by atoms with van der Waals surface area (Å²) in [7, 11) is 9.93. The van der Waals surface area contributed by atoms with Crippen LogP contribution in [0.4, 0.5) is 5.69 Å². The van der Waals surface area contributed by atoms with Crippen LogP contribution in [0.5, 0.6) is 5.75 Å². The lowest BCUT2D eigenvalue weighted by Crippen LogP contribution is -2.80. The highest BCUT2D eigenvalue weighted by Crippen LogP contribution is 2.59. The van der Waals surface area contributed by atoms with Gasteiger partial charge in [-0.05, 0) is 64.6 Å². The number of anilines is 1. The number of aromatic hydroxyl groups is 1. The first-order chi connectivity index (χ1) is 23.8. The molecular weight excluding hydrogens is 656 g/mol. The molecule has 3 aliphatic rings. The number of carbonyl (C=O) groups excluding carboxylic acids is 4. The number of amides is 2. The number of phenols is 1. The van der Waals surface area contributed by atoms with Crippen molar-refractivity contribution < 1.29 is 34.5 Å². The normalized spacial score (nSPS) is 26.3. The highest BCUT2D eigenvalue weighted by molar-refractivity contribution is 6.25. The average molecular weight is 701 g/mol. The molecule has 2 aromatic rings. The van der Waals surface area contributed by atoms with Gasteiger partial charge in [-0.15, -0.1) is 0 Å². The smallest absolute Gasteiger partial charge is 0.255 e. The number of ketones is 2. The fourth-order valence-electron chi connectivity index (χ4n) is 8.12. The van der Waals surface area contributed by atoms with Gasteiger partial charge in [-0.2, -0.15) is 5.26 Å². The lowest BCUT2D eigenvalue weighted by Gasteiger charge is -2.58. The molecule has 1 fully saturated rings. The molecule has 2 aromatic carbocycles. The Morgan fingerprint density at radius 1 is 1.06 bits per heavy atom. The minimum atomic E-state index is -2.77. The van der Waals surface area contributed by atoms with Crippen LogP contribution >= 0.6 is 0 Å². The number of likely N-dealkylation sites (N-methyl/N-ethyl adjacent to an activating group) is 2. The molecule has 10 N–H and O–H groups in total. The van der Waals surface area contributed by atoms with Gasteiger partial charge in [0.25, 0.3) is 5.91 Å². The molecule has 0 aliphatic heterocycles. The second kappa shape index (κ2) is 12.8. The standard InChI is InChI=1S/C36H44N8O7/c1-42(2)21-13-19(15-41-33(51)22(43(3)4)12-18-10-8-7-9-11-18)26(45)23-20(21)14-34(39)16-36(40)29(44(5)6)28(47)24(32(38)50)30(48)35(36,17-37)31(49)25(34)27(23)46/h7-11,13,22,29,45-46,48H,12,14-16,39-40H2,1-6H3,(H2,38,50)(H,41,51)/t22?,29-,34-,35+,36-/m1/s1. The zero-order valence-corrected chi connectivity index (χ0v) is 29.4. The third kappa shape index (κ3) is 5.42. The predicted octanol–water partition coefficient (Wildman–Crippen LogP) is -0.239. The Morgan fingerprint density at radius 2 is 1.69 bits per heavy atom. The molecule has 1 saturated carbocycles. The summed E-state index contributed by atoms with van der Waals surface area (Å²) in [6.07, 6.45) is -0.251. The number of aliphatic hydroxyl groups excluding tert-OH is 2. The van der Waals surface area contributed by atoms with Crippen molar-refractivity contribution >= 4 is 34.8 Å². The van der Waals surface area contributed by atoms with Gasteiger partial charge in [0.05, 0.1) is 40.4 Å². The Hall–Kier alpha value is -5.27. The Kier molecular flexibility index (Phi) is 9.29. The second-order valence-corrected chi connectivity index (χ2v) is 14.3. The van der Waals surface area contributed by atoms with E-state index in [2.05, 4.69) is 5.32 Å². The predicted molar refractivity (Wildman–Crippen MR) is 188 cm³/mol. The number of aliphatic hydroxyl groups is 2. The van der Waals surface area contributed by atoms with Crippen LogP contribution in [0.3, 0.4) is 0 Å². The molecule has 0 saturated heterocycles. The zero-order chi connectivity index (χ0) is 38.0. The van der Waals surface area contributed by atoms with E-state index in [0.717, 1.165) is 5.56 Å². The maximum Gasteiger partial charge on any atom is 0.255 e. The second-order valence-electron chi connectivity index (χ2n) is 14.3. The van der Waals surface area contributed by atoms with E-state index in [1.807, 2.05) is 30.3 Å². The first-order valence-corrected chi connectivity index (χ1v) is 16.2. The molecule has 3 aliphatic carbocycles. The molecule has 2 amide bonds. The zero-order valence-electron chi connectivity index (χ0n) is 29.4. The summed E-state index contributed by atoms with van der Waals surface area (Å²) in [5.41, 5.74) is 13.0. The molecule has 0 radical (unpaired) electrons. The monoisotopic (exact) mass is 700 g/mol. The number of fused-ring (bicyclic) bond motifs is 3. The minimum Gasteiger partial charge on any atom is -0.509 e. The van der Waals surface area contributed by atoms with Crippen molar-refractivity contribution in [2.45, 2.75) is 49.0 Å². The van der Waals surface area contributed by atoms with Gasteiger partial charge in [0, 0.05) is 31.9 Å². The van der Waals surface area contributed by atoms with Crippen molar-refractivity contribution in [3.63, 3.8) is 0 Å². The molecule has 15 nitrogen and oxygen atoms in total. The molecule has 0 heterocycles. The summed E-state index contributed by atoms with van der Waals surface area (Å²) in [6, 6.07) is 10.9. The van der Waals surface area contributed by atoms with E-state index in [1.54, 1.807) is 50.1 Å².